The van der Waals surface area contributed by atoms with Crippen molar-refractivity contribution in [1.82, 2.24) is 4.98 Å². The van der Waals surface area contributed by atoms with Crippen LogP contribution in [0.2, 0.25) is 0 Å². The van der Waals surface area contributed by atoms with Gasteiger partial charge in [0.15, 0.2) is 12.2 Å². The molecule has 78 valence electrons. The molecule has 0 radical (unpaired) electrons. The van der Waals surface area contributed by atoms with Gasteiger partial charge in [-0.1, -0.05) is 0 Å². The monoisotopic (exact) mass is 204 g/mol. The van der Waals surface area contributed by atoms with Crippen molar-refractivity contribution >= 4 is 5.69 Å². The van der Waals surface area contributed by atoms with Gasteiger partial charge in [-0.3, -0.25) is 0 Å². The van der Waals surface area contributed by atoms with Crippen molar-refractivity contribution < 1.29 is 9.15 Å². The lowest BCUT2D eigenvalue weighted by atomic mass is 10.1. The quantitative estimate of drug-likeness (QED) is 0.833. The summed E-state index contributed by atoms with van der Waals surface area (Å²) in [6.07, 6.45) is 3.07. The molecule has 0 aliphatic heterocycles. The largest absolute Gasteiger partial charge is 0.496 e. The molecule has 0 atom stereocenters. The molecule has 1 N–H and O–H groups in total. The van der Waals surface area contributed by atoms with Crippen molar-refractivity contribution in [2.45, 2.75) is 0 Å². The number of hydrogen-bond acceptors (Lipinski definition) is 4. The van der Waals surface area contributed by atoms with Crippen molar-refractivity contribution in [3.63, 3.8) is 0 Å². The van der Waals surface area contributed by atoms with E-state index in [1.807, 2.05) is 25.2 Å². The molecule has 0 saturated heterocycles. The number of nitrogens with one attached hydrogen (secondary N) is 1. The van der Waals surface area contributed by atoms with E-state index in [1.54, 1.807) is 13.3 Å². The Bertz CT molecular complexity index is 438. The van der Waals surface area contributed by atoms with Crippen molar-refractivity contribution in [2.24, 2.45) is 0 Å². The zero-order valence-electron chi connectivity index (χ0n) is 8.65. The molecule has 0 aliphatic carbocycles. The van der Waals surface area contributed by atoms with Crippen LogP contribution >= 0.6 is 0 Å². The van der Waals surface area contributed by atoms with Crippen molar-refractivity contribution in [2.75, 3.05) is 19.5 Å². The summed E-state index contributed by atoms with van der Waals surface area (Å²) in [6, 6.07) is 5.81. The van der Waals surface area contributed by atoms with Crippen molar-refractivity contribution in [3.8, 4) is 17.1 Å². The van der Waals surface area contributed by atoms with Gasteiger partial charge in [0.05, 0.1) is 18.9 Å². The van der Waals surface area contributed by atoms with Gasteiger partial charge in [-0.15, -0.1) is 0 Å². The molecule has 0 bridgehead atoms. The summed E-state index contributed by atoms with van der Waals surface area (Å²) in [6.45, 7) is 0. The topological polar surface area (TPSA) is 47.3 Å². The van der Waals surface area contributed by atoms with Gasteiger partial charge in [0.2, 0.25) is 0 Å². The van der Waals surface area contributed by atoms with Gasteiger partial charge in [0.1, 0.15) is 5.75 Å². The van der Waals surface area contributed by atoms with Crippen LogP contribution in [0.5, 0.6) is 5.75 Å². The van der Waals surface area contributed by atoms with Gasteiger partial charge in [-0.25, -0.2) is 4.98 Å². The van der Waals surface area contributed by atoms with Crippen LogP contribution in [0.1, 0.15) is 0 Å². The van der Waals surface area contributed by atoms with Crippen LogP contribution in [0.25, 0.3) is 11.3 Å². The number of aromatic nitrogens is 1. The summed E-state index contributed by atoms with van der Waals surface area (Å²) >= 11 is 0. The molecular formula is C11H12N2O2. The molecule has 1 aromatic heterocycles. The number of benzene rings is 1. The zero-order chi connectivity index (χ0) is 10.7. The maximum absolute atomic E-state index is 5.28. The van der Waals surface area contributed by atoms with Crippen molar-refractivity contribution in [3.05, 3.63) is 30.8 Å². The molecule has 1 aromatic carbocycles. The molecule has 0 unspecified atom stereocenters. The third-order valence-electron chi connectivity index (χ3n) is 2.19. The first-order valence-corrected chi connectivity index (χ1v) is 4.60. The number of oxazole rings is 1. The average Bonchev–Trinajstić information content (AvgIpc) is 2.81. The predicted octanol–water partition coefficient (Wildman–Crippen LogP) is 2.39. The zero-order valence-corrected chi connectivity index (χ0v) is 8.65. The molecule has 0 amide bonds. The fourth-order valence-corrected chi connectivity index (χ4v) is 1.40. The highest BCUT2D eigenvalue weighted by molar-refractivity contribution is 5.69. The Balaban J connectivity index is 2.48. The second kappa shape index (κ2) is 4.04. The average molecular weight is 204 g/mol. The summed E-state index contributed by atoms with van der Waals surface area (Å²) in [5, 5.41) is 3.05. The lowest BCUT2D eigenvalue weighted by molar-refractivity contribution is 0.415. The summed E-state index contributed by atoms with van der Waals surface area (Å²) in [4.78, 5) is 3.88. The first-order valence-electron chi connectivity index (χ1n) is 4.60. The Morgan fingerprint density at radius 3 is 2.87 bits per heavy atom. The van der Waals surface area contributed by atoms with E-state index in [0.717, 1.165) is 17.0 Å². The molecule has 4 heteroatoms. The summed E-state index contributed by atoms with van der Waals surface area (Å²) < 4.78 is 10.5. The van der Waals surface area contributed by atoms with Crippen LogP contribution in [0.4, 0.5) is 5.69 Å². The maximum Gasteiger partial charge on any atom is 0.181 e. The number of methoxy groups -OCH3 is 1. The molecule has 1 heterocycles. The van der Waals surface area contributed by atoms with E-state index in [0.29, 0.717) is 5.76 Å². The second-order valence-corrected chi connectivity index (χ2v) is 3.03. The SMILES string of the molecule is CNc1ccc(-c2cnco2)c(OC)c1. The smallest absolute Gasteiger partial charge is 0.181 e. The van der Waals surface area contributed by atoms with Crippen LogP contribution in [0.15, 0.2) is 35.2 Å². The number of ether oxygens (including phenoxy) is 1. The van der Waals surface area contributed by atoms with Crippen LogP contribution in [-0.4, -0.2) is 19.1 Å². The minimum absolute atomic E-state index is 0.703. The number of nitrogens with zero attached hydrogens (tertiary/aromatic N) is 1. The van der Waals surface area contributed by atoms with Crippen LogP contribution in [-0.2, 0) is 0 Å². The van der Waals surface area contributed by atoms with E-state index in [-0.39, 0.29) is 0 Å². The molecule has 4 nitrogen and oxygen atoms in total. The summed E-state index contributed by atoms with van der Waals surface area (Å²) in [5.74, 6) is 1.47. The first-order chi connectivity index (χ1) is 7.35. The number of anilines is 1. The molecule has 0 spiro atoms. The standard InChI is InChI=1S/C11H12N2O2/c1-12-8-3-4-9(10(5-8)14-2)11-6-13-7-15-11/h3-7,12H,1-2H3. The van der Waals surface area contributed by atoms with Gasteiger partial charge in [0.25, 0.3) is 0 Å². The Kier molecular flexibility index (Phi) is 2.58. The van der Waals surface area contributed by atoms with E-state index < -0.39 is 0 Å². The van der Waals surface area contributed by atoms with Gasteiger partial charge in [-0.05, 0) is 12.1 Å². The van der Waals surface area contributed by atoms with E-state index in [2.05, 4.69) is 10.3 Å². The van der Waals surface area contributed by atoms with E-state index in [9.17, 15) is 0 Å². The molecular weight excluding hydrogens is 192 g/mol. The Morgan fingerprint density at radius 1 is 1.40 bits per heavy atom. The minimum atomic E-state index is 0.703. The fraction of sp³-hybridized carbons (Fsp3) is 0.182. The van der Waals surface area contributed by atoms with Crippen LogP contribution < -0.4 is 10.1 Å². The van der Waals surface area contributed by atoms with Gasteiger partial charge < -0.3 is 14.5 Å². The molecule has 2 aromatic rings. The van der Waals surface area contributed by atoms with Crippen LogP contribution in [0.3, 0.4) is 0 Å². The molecule has 0 saturated carbocycles. The Labute approximate surface area is 87.9 Å². The summed E-state index contributed by atoms with van der Waals surface area (Å²) in [7, 11) is 3.50. The third-order valence-corrected chi connectivity index (χ3v) is 2.19. The molecule has 0 fully saturated rings. The molecule has 15 heavy (non-hydrogen) atoms. The lowest BCUT2D eigenvalue weighted by Crippen LogP contribution is -1.91. The normalized spacial score (nSPS) is 10.0. The van der Waals surface area contributed by atoms with Gasteiger partial charge in [0, 0.05) is 18.8 Å². The van der Waals surface area contributed by atoms with Gasteiger partial charge >= 0.3 is 0 Å². The van der Waals surface area contributed by atoms with Crippen molar-refractivity contribution in [1.29, 1.82) is 0 Å². The highest BCUT2D eigenvalue weighted by Crippen LogP contribution is 2.31. The number of rotatable bonds is 3. The molecule has 0 aliphatic rings. The van der Waals surface area contributed by atoms with E-state index >= 15 is 0 Å². The van der Waals surface area contributed by atoms with Crippen LogP contribution in [0, 0.1) is 0 Å². The fourth-order valence-electron chi connectivity index (χ4n) is 1.40. The highest BCUT2D eigenvalue weighted by atomic mass is 16.5. The Hall–Kier alpha value is -1.97. The van der Waals surface area contributed by atoms with E-state index in [1.165, 1.54) is 6.39 Å². The molecule has 2 rings (SSSR count). The third kappa shape index (κ3) is 1.79. The maximum atomic E-state index is 5.28. The highest BCUT2D eigenvalue weighted by Gasteiger charge is 2.08. The summed E-state index contributed by atoms with van der Waals surface area (Å²) in [5.41, 5.74) is 1.89. The number of hydrogen-bond donors (Lipinski definition) is 1. The Morgan fingerprint density at radius 2 is 2.27 bits per heavy atom. The van der Waals surface area contributed by atoms with Gasteiger partial charge in [-0.2, -0.15) is 0 Å². The first kappa shape index (κ1) is 9.58. The predicted molar refractivity (Wildman–Crippen MR) is 58.0 cm³/mol. The lowest BCUT2D eigenvalue weighted by Gasteiger charge is -2.08. The second-order valence-electron chi connectivity index (χ2n) is 3.03. The van der Waals surface area contributed by atoms with E-state index in [4.69, 9.17) is 9.15 Å². The minimum Gasteiger partial charge on any atom is -0.496 e.